The van der Waals surface area contributed by atoms with Gasteiger partial charge in [-0.3, -0.25) is 4.79 Å². The first-order valence-corrected chi connectivity index (χ1v) is 8.30. The number of benzene rings is 2. The number of hydrogen-bond acceptors (Lipinski definition) is 4. The first kappa shape index (κ1) is 18.4. The van der Waals surface area contributed by atoms with Crippen molar-refractivity contribution in [1.29, 1.82) is 0 Å². The topological polar surface area (TPSA) is 61.8 Å². The third-order valence-corrected chi connectivity index (χ3v) is 4.65. The molecule has 1 unspecified atom stereocenters. The van der Waals surface area contributed by atoms with Gasteiger partial charge in [-0.25, -0.2) is 0 Å². The van der Waals surface area contributed by atoms with E-state index in [9.17, 15) is 23.1 Å². The predicted octanol–water partition coefficient (Wildman–Crippen LogP) is 4.29. The molecule has 2 aromatic rings. The molecule has 26 heavy (non-hydrogen) atoms. The second-order valence-electron chi connectivity index (χ2n) is 5.69. The van der Waals surface area contributed by atoms with Crippen LogP contribution in [-0.2, 0) is 0 Å². The fourth-order valence-electron chi connectivity index (χ4n) is 2.83. The van der Waals surface area contributed by atoms with Crippen molar-refractivity contribution in [3.63, 3.8) is 0 Å². The minimum Gasteiger partial charge on any atom is -0.504 e. The number of methoxy groups -OCH3 is 1. The molecule has 0 saturated heterocycles. The molecule has 0 spiro atoms. The molecular formula is C17H14BrF3N2O3. The zero-order chi connectivity index (χ0) is 19.1. The summed E-state index contributed by atoms with van der Waals surface area (Å²) in [6.07, 6.45) is -5.70. The zero-order valence-electron chi connectivity index (χ0n) is 13.5. The molecule has 2 N–H and O–H groups in total. The molecule has 5 nitrogen and oxygen atoms in total. The summed E-state index contributed by atoms with van der Waals surface area (Å²) < 4.78 is 44.6. The van der Waals surface area contributed by atoms with E-state index < -0.39 is 24.8 Å². The Balaban J connectivity index is 2.11. The van der Waals surface area contributed by atoms with E-state index in [0.717, 1.165) is 0 Å². The average Bonchev–Trinajstić information content (AvgIpc) is 2.58. The fourth-order valence-corrected chi connectivity index (χ4v) is 3.37. The van der Waals surface area contributed by atoms with Gasteiger partial charge >= 0.3 is 6.18 Å². The van der Waals surface area contributed by atoms with Crippen LogP contribution >= 0.6 is 15.9 Å². The van der Waals surface area contributed by atoms with Crippen molar-refractivity contribution in [3.8, 4) is 11.5 Å². The minimum atomic E-state index is -4.58. The molecule has 1 atom stereocenters. The van der Waals surface area contributed by atoms with Crippen molar-refractivity contribution >= 4 is 27.5 Å². The normalized spacial score (nSPS) is 16.9. The van der Waals surface area contributed by atoms with E-state index in [4.69, 9.17) is 4.74 Å². The Morgan fingerprint density at radius 2 is 2.00 bits per heavy atom. The maximum absolute atomic E-state index is 13.1. The van der Waals surface area contributed by atoms with E-state index in [1.54, 1.807) is 18.2 Å². The van der Waals surface area contributed by atoms with Gasteiger partial charge in [-0.2, -0.15) is 13.2 Å². The van der Waals surface area contributed by atoms with E-state index in [2.05, 4.69) is 21.2 Å². The molecule has 1 amide bonds. The molecule has 138 valence electrons. The molecule has 3 rings (SSSR count). The Labute approximate surface area is 155 Å². The number of carbonyl (C=O) groups is 1. The number of nitrogens with zero attached hydrogens (tertiary/aromatic N) is 1. The molecule has 9 heteroatoms. The summed E-state index contributed by atoms with van der Waals surface area (Å²) in [5, 5.41) is 13.0. The molecule has 0 bridgehead atoms. The van der Waals surface area contributed by atoms with Gasteiger partial charge in [-0.1, -0.05) is 28.1 Å². The molecule has 2 aromatic carbocycles. The number of amides is 1. The summed E-state index contributed by atoms with van der Waals surface area (Å²) in [6, 6.07) is 9.04. The fraction of sp³-hybridized carbons (Fsp3) is 0.235. The van der Waals surface area contributed by atoms with Crippen LogP contribution in [0.25, 0.3) is 0 Å². The highest BCUT2D eigenvalue weighted by Gasteiger charge is 2.41. The molecule has 0 aliphatic carbocycles. The summed E-state index contributed by atoms with van der Waals surface area (Å²) in [7, 11) is 1.36. The number of fused-ring (bicyclic) bond motifs is 1. The third-order valence-electron chi connectivity index (χ3n) is 3.96. The zero-order valence-corrected chi connectivity index (χ0v) is 15.1. The largest absolute Gasteiger partial charge is 0.504 e. The molecule has 1 aliphatic heterocycles. The summed E-state index contributed by atoms with van der Waals surface area (Å²) in [6.45, 7) is -1.43. The van der Waals surface area contributed by atoms with E-state index in [-0.39, 0.29) is 22.6 Å². The number of phenols is 1. The SMILES string of the molecule is COc1cc(Br)c(C2Nc3ccccc3C(=O)N2CC(F)(F)F)cc1O. The molecule has 0 fully saturated rings. The Bertz CT molecular complexity index is 858. The van der Waals surface area contributed by atoms with Crippen LogP contribution in [0.1, 0.15) is 22.1 Å². The van der Waals surface area contributed by atoms with Crippen molar-refractivity contribution in [3.05, 3.63) is 52.0 Å². The van der Waals surface area contributed by atoms with Crippen LogP contribution < -0.4 is 10.1 Å². The van der Waals surface area contributed by atoms with Crippen LogP contribution in [0, 0.1) is 0 Å². The number of alkyl halides is 3. The van der Waals surface area contributed by atoms with Crippen LogP contribution in [0.3, 0.4) is 0 Å². The average molecular weight is 431 g/mol. The number of nitrogens with one attached hydrogen (secondary N) is 1. The second-order valence-corrected chi connectivity index (χ2v) is 6.54. The summed E-state index contributed by atoms with van der Waals surface area (Å²) in [4.78, 5) is 13.4. The van der Waals surface area contributed by atoms with Crippen molar-refractivity contribution < 1.29 is 27.8 Å². The van der Waals surface area contributed by atoms with Crippen LogP contribution in [-0.4, -0.2) is 35.7 Å². The van der Waals surface area contributed by atoms with E-state index in [0.29, 0.717) is 15.1 Å². The smallest absolute Gasteiger partial charge is 0.406 e. The highest BCUT2D eigenvalue weighted by molar-refractivity contribution is 9.10. The number of anilines is 1. The predicted molar refractivity (Wildman–Crippen MR) is 92.3 cm³/mol. The maximum atomic E-state index is 13.1. The number of para-hydroxylation sites is 1. The van der Waals surface area contributed by atoms with Crippen LogP contribution in [0.4, 0.5) is 18.9 Å². The second kappa shape index (κ2) is 6.71. The number of hydrogen-bond donors (Lipinski definition) is 2. The summed E-state index contributed by atoms with van der Waals surface area (Å²) >= 11 is 3.27. The number of rotatable bonds is 3. The number of carbonyl (C=O) groups excluding carboxylic acids is 1. The molecular weight excluding hydrogens is 417 g/mol. The molecule has 0 radical (unpaired) electrons. The summed E-state index contributed by atoms with van der Waals surface area (Å²) in [5.41, 5.74) is 0.848. The lowest BCUT2D eigenvalue weighted by molar-refractivity contribution is -0.144. The molecule has 0 saturated carbocycles. The Kier molecular flexibility index (Phi) is 4.74. The van der Waals surface area contributed by atoms with Crippen molar-refractivity contribution in [1.82, 2.24) is 4.90 Å². The Morgan fingerprint density at radius 3 is 2.65 bits per heavy atom. The van der Waals surface area contributed by atoms with Gasteiger partial charge < -0.3 is 20.1 Å². The van der Waals surface area contributed by atoms with Gasteiger partial charge in [0.25, 0.3) is 5.91 Å². The molecule has 0 aromatic heterocycles. The third kappa shape index (κ3) is 3.44. The lowest BCUT2D eigenvalue weighted by Crippen LogP contribution is -2.47. The minimum absolute atomic E-state index is 0.154. The molecule has 1 aliphatic rings. The van der Waals surface area contributed by atoms with Crippen LogP contribution in [0.2, 0.25) is 0 Å². The van der Waals surface area contributed by atoms with Gasteiger partial charge in [0.05, 0.1) is 12.7 Å². The quantitative estimate of drug-likeness (QED) is 0.762. The number of ether oxygens (including phenoxy) is 1. The van der Waals surface area contributed by atoms with E-state index in [1.807, 2.05) is 0 Å². The van der Waals surface area contributed by atoms with Gasteiger partial charge in [0.2, 0.25) is 0 Å². The lowest BCUT2D eigenvalue weighted by Gasteiger charge is -2.38. The Morgan fingerprint density at radius 1 is 1.31 bits per heavy atom. The van der Waals surface area contributed by atoms with Crippen molar-refractivity contribution in [2.45, 2.75) is 12.3 Å². The van der Waals surface area contributed by atoms with Gasteiger partial charge in [0.1, 0.15) is 12.7 Å². The number of halogens is 4. The highest BCUT2D eigenvalue weighted by Crippen LogP contribution is 2.41. The first-order chi connectivity index (χ1) is 12.2. The van der Waals surface area contributed by atoms with E-state index >= 15 is 0 Å². The van der Waals surface area contributed by atoms with Crippen LogP contribution in [0.5, 0.6) is 11.5 Å². The standard InChI is InChI=1S/C17H14BrF3N2O3/c1-26-14-7-11(18)10(6-13(14)24)15-22-12-5-3-2-4-9(12)16(25)23(15)8-17(19,20)21/h2-7,15,22,24H,8H2,1H3. The lowest BCUT2D eigenvalue weighted by atomic mass is 10.0. The van der Waals surface area contributed by atoms with Crippen molar-refractivity contribution in [2.24, 2.45) is 0 Å². The number of phenolic OH excluding ortho intramolecular Hbond substituents is 1. The van der Waals surface area contributed by atoms with Gasteiger partial charge in [0.15, 0.2) is 11.5 Å². The number of aromatic hydroxyl groups is 1. The van der Waals surface area contributed by atoms with Gasteiger partial charge in [-0.05, 0) is 24.3 Å². The Hall–Kier alpha value is -2.42. The summed E-state index contributed by atoms with van der Waals surface area (Å²) in [5.74, 6) is -0.833. The maximum Gasteiger partial charge on any atom is 0.406 e. The van der Waals surface area contributed by atoms with Gasteiger partial charge in [0, 0.05) is 15.7 Å². The first-order valence-electron chi connectivity index (χ1n) is 7.51. The van der Waals surface area contributed by atoms with E-state index in [1.165, 1.54) is 25.3 Å². The highest BCUT2D eigenvalue weighted by atomic mass is 79.9. The van der Waals surface area contributed by atoms with Gasteiger partial charge in [-0.15, -0.1) is 0 Å². The monoisotopic (exact) mass is 430 g/mol. The van der Waals surface area contributed by atoms with Crippen LogP contribution in [0.15, 0.2) is 40.9 Å². The molecule has 1 heterocycles. The van der Waals surface area contributed by atoms with Crippen molar-refractivity contribution in [2.75, 3.05) is 19.0 Å².